The summed E-state index contributed by atoms with van der Waals surface area (Å²) in [5.41, 5.74) is 5.30. The van der Waals surface area contributed by atoms with Gasteiger partial charge in [-0.25, -0.2) is 0 Å². The fraction of sp³-hybridized carbons (Fsp3) is 0.308. The van der Waals surface area contributed by atoms with Gasteiger partial charge >= 0.3 is 0 Å². The zero-order chi connectivity index (χ0) is 15.4. The molecule has 0 radical (unpaired) electrons. The number of carbonyl (C=O) groups excluding carboxylic acids is 3. The van der Waals surface area contributed by atoms with Crippen LogP contribution in [0.4, 0.5) is 0 Å². The fourth-order valence-corrected chi connectivity index (χ4v) is 1.93. The van der Waals surface area contributed by atoms with E-state index in [1.165, 1.54) is 13.1 Å². The predicted octanol–water partition coefficient (Wildman–Crippen LogP) is -0.865. The van der Waals surface area contributed by atoms with Crippen LogP contribution in [0.5, 0.6) is 11.5 Å². The van der Waals surface area contributed by atoms with E-state index in [-0.39, 0.29) is 18.8 Å². The van der Waals surface area contributed by atoms with Gasteiger partial charge in [-0.3, -0.25) is 14.4 Å². The maximum atomic E-state index is 12.2. The lowest BCUT2D eigenvalue weighted by Gasteiger charge is -2.16. The molecule has 0 aliphatic carbocycles. The van der Waals surface area contributed by atoms with Gasteiger partial charge in [-0.15, -0.1) is 0 Å². The van der Waals surface area contributed by atoms with Gasteiger partial charge in [-0.1, -0.05) is 6.07 Å². The van der Waals surface area contributed by atoms with E-state index in [1.807, 2.05) is 0 Å². The van der Waals surface area contributed by atoms with Crippen LogP contribution in [0.3, 0.4) is 0 Å². The summed E-state index contributed by atoms with van der Waals surface area (Å²) >= 11 is 0. The van der Waals surface area contributed by atoms with Gasteiger partial charge in [0.25, 0.3) is 5.91 Å². The quantitative estimate of drug-likeness (QED) is 0.652. The van der Waals surface area contributed by atoms with Crippen molar-refractivity contribution in [2.75, 3.05) is 13.8 Å². The van der Waals surface area contributed by atoms with Crippen LogP contribution < -0.4 is 25.8 Å². The number of para-hydroxylation sites is 1. The lowest BCUT2D eigenvalue weighted by atomic mass is 10.1. The molecule has 1 aliphatic heterocycles. The molecule has 0 saturated carbocycles. The van der Waals surface area contributed by atoms with Crippen molar-refractivity contribution in [2.45, 2.75) is 12.5 Å². The van der Waals surface area contributed by atoms with Crippen molar-refractivity contribution >= 4 is 17.7 Å². The Bertz CT molecular complexity index is 587. The second-order valence-corrected chi connectivity index (χ2v) is 4.35. The van der Waals surface area contributed by atoms with Gasteiger partial charge in [0.15, 0.2) is 11.5 Å². The molecule has 0 fully saturated rings. The smallest absolute Gasteiger partial charge is 0.255 e. The molecule has 1 aromatic rings. The molecular formula is C13H15N3O5. The molecular weight excluding hydrogens is 278 g/mol. The van der Waals surface area contributed by atoms with Gasteiger partial charge in [-0.05, 0) is 12.1 Å². The van der Waals surface area contributed by atoms with Gasteiger partial charge in [-0.2, -0.15) is 0 Å². The van der Waals surface area contributed by atoms with Gasteiger partial charge in [0.1, 0.15) is 6.04 Å². The van der Waals surface area contributed by atoms with Crippen molar-refractivity contribution < 1.29 is 23.9 Å². The van der Waals surface area contributed by atoms with Crippen LogP contribution in [0.1, 0.15) is 16.8 Å². The van der Waals surface area contributed by atoms with Crippen LogP contribution in [-0.2, 0) is 9.59 Å². The van der Waals surface area contributed by atoms with E-state index in [2.05, 4.69) is 10.6 Å². The summed E-state index contributed by atoms with van der Waals surface area (Å²) < 4.78 is 10.4. The molecule has 0 unspecified atom stereocenters. The van der Waals surface area contributed by atoms with E-state index in [0.29, 0.717) is 11.5 Å². The first-order valence-electron chi connectivity index (χ1n) is 6.22. The van der Waals surface area contributed by atoms with Crippen LogP contribution in [0.2, 0.25) is 0 Å². The average Bonchev–Trinajstić information content (AvgIpc) is 2.93. The Morgan fingerprint density at radius 1 is 1.33 bits per heavy atom. The average molecular weight is 293 g/mol. The SMILES string of the molecule is CNC(=O)[C@H](CC(N)=O)NC(=O)c1cccc2c1OCO2. The number of ether oxygens (including phenoxy) is 2. The number of fused-ring (bicyclic) bond motifs is 1. The van der Waals surface area contributed by atoms with E-state index < -0.39 is 23.8 Å². The third-order valence-electron chi connectivity index (χ3n) is 2.91. The molecule has 112 valence electrons. The van der Waals surface area contributed by atoms with Crippen molar-refractivity contribution in [2.24, 2.45) is 5.73 Å². The molecule has 8 heteroatoms. The van der Waals surface area contributed by atoms with Crippen LogP contribution in [0.25, 0.3) is 0 Å². The molecule has 1 aliphatic rings. The highest BCUT2D eigenvalue weighted by atomic mass is 16.7. The Hall–Kier alpha value is -2.77. The maximum absolute atomic E-state index is 12.2. The number of hydrogen-bond acceptors (Lipinski definition) is 5. The minimum absolute atomic E-state index is 0.0276. The summed E-state index contributed by atoms with van der Waals surface area (Å²) in [7, 11) is 1.40. The summed E-state index contributed by atoms with van der Waals surface area (Å²) in [4.78, 5) is 34.9. The van der Waals surface area contributed by atoms with E-state index in [4.69, 9.17) is 15.2 Å². The van der Waals surface area contributed by atoms with Crippen molar-refractivity contribution in [3.63, 3.8) is 0 Å². The topological polar surface area (TPSA) is 120 Å². The van der Waals surface area contributed by atoms with Crippen molar-refractivity contribution in [1.82, 2.24) is 10.6 Å². The van der Waals surface area contributed by atoms with Crippen LogP contribution in [0, 0.1) is 0 Å². The molecule has 8 nitrogen and oxygen atoms in total. The Balaban J connectivity index is 2.17. The molecule has 0 bridgehead atoms. The first-order valence-corrected chi connectivity index (χ1v) is 6.22. The number of nitrogens with two attached hydrogens (primary N) is 1. The summed E-state index contributed by atoms with van der Waals surface area (Å²) in [6.45, 7) is 0.0276. The highest BCUT2D eigenvalue weighted by Crippen LogP contribution is 2.35. The van der Waals surface area contributed by atoms with Gasteiger partial charge in [0.05, 0.1) is 12.0 Å². The molecule has 2 rings (SSSR count). The number of primary amides is 1. The van der Waals surface area contributed by atoms with Gasteiger partial charge in [0, 0.05) is 7.05 Å². The monoisotopic (exact) mass is 293 g/mol. The third kappa shape index (κ3) is 3.22. The molecule has 21 heavy (non-hydrogen) atoms. The Morgan fingerprint density at radius 3 is 2.76 bits per heavy atom. The van der Waals surface area contributed by atoms with Crippen molar-refractivity contribution in [1.29, 1.82) is 0 Å². The molecule has 1 heterocycles. The Labute approximate surface area is 120 Å². The number of benzene rings is 1. The summed E-state index contributed by atoms with van der Waals surface area (Å²) in [5, 5.41) is 4.82. The van der Waals surface area contributed by atoms with Gasteiger partial charge < -0.3 is 25.8 Å². The molecule has 3 amide bonds. The number of likely N-dealkylation sites (N-methyl/N-ethyl adjacent to an activating group) is 1. The van der Waals surface area contributed by atoms with Crippen LogP contribution in [-0.4, -0.2) is 37.6 Å². The number of nitrogens with one attached hydrogen (secondary N) is 2. The van der Waals surface area contributed by atoms with Crippen LogP contribution in [0.15, 0.2) is 18.2 Å². The minimum atomic E-state index is -1.04. The molecule has 1 aromatic carbocycles. The maximum Gasteiger partial charge on any atom is 0.255 e. The first-order chi connectivity index (χ1) is 10.0. The molecule has 1 atom stereocenters. The highest BCUT2D eigenvalue weighted by Gasteiger charge is 2.26. The number of hydrogen-bond donors (Lipinski definition) is 3. The van der Waals surface area contributed by atoms with E-state index >= 15 is 0 Å². The van der Waals surface area contributed by atoms with Crippen molar-refractivity contribution in [3.8, 4) is 11.5 Å². The number of amides is 3. The van der Waals surface area contributed by atoms with Gasteiger partial charge in [0.2, 0.25) is 18.6 Å². The second kappa shape index (κ2) is 6.12. The predicted molar refractivity (Wildman–Crippen MR) is 71.7 cm³/mol. The standard InChI is InChI=1S/C13H15N3O5/c1-15-13(19)8(5-10(14)17)16-12(18)7-3-2-4-9-11(7)21-6-20-9/h2-4,8H,5-6H2,1H3,(H2,14,17)(H,15,19)(H,16,18)/t8-/m0/s1. The zero-order valence-corrected chi connectivity index (χ0v) is 11.3. The summed E-state index contributed by atoms with van der Waals surface area (Å²) in [5.74, 6) is -0.986. The number of rotatable bonds is 5. The fourth-order valence-electron chi connectivity index (χ4n) is 1.93. The number of carbonyl (C=O) groups is 3. The minimum Gasteiger partial charge on any atom is -0.454 e. The Kier molecular flexibility index (Phi) is 4.27. The zero-order valence-electron chi connectivity index (χ0n) is 11.3. The highest BCUT2D eigenvalue weighted by molar-refractivity contribution is 6.01. The molecule has 4 N–H and O–H groups in total. The van der Waals surface area contributed by atoms with Crippen molar-refractivity contribution in [3.05, 3.63) is 23.8 Å². The third-order valence-corrected chi connectivity index (χ3v) is 2.91. The van der Waals surface area contributed by atoms with E-state index in [0.717, 1.165) is 0 Å². The van der Waals surface area contributed by atoms with Crippen LogP contribution >= 0.6 is 0 Å². The normalized spacial score (nSPS) is 13.4. The molecule has 0 aromatic heterocycles. The second-order valence-electron chi connectivity index (χ2n) is 4.35. The summed E-state index contributed by atoms with van der Waals surface area (Å²) in [6, 6.07) is 3.79. The summed E-state index contributed by atoms with van der Waals surface area (Å²) in [6.07, 6.45) is -0.294. The van der Waals surface area contributed by atoms with E-state index in [1.54, 1.807) is 12.1 Å². The Morgan fingerprint density at radius 2 is 2.10 bits per heavy atom. The lowest BCUT2D eigenvalue weighted by Crippen LogP contribution is -2.47. The largest absolute Gasteiger partial charge is 0.454 e. The van der Waals surface area contributed by atoms with E-state index in [9.17, 15) is 14.4 Å². The lowest BCUT2D eigenvalue weighted by molar-refractivity contribution is -0.126. The first kappa shape index (κ1) is 14.6. The molecule has 0 saturated heterocycles. The molecule has 0 spiro atoms.